The summed E-state index contributed by atoms with van der Waals surface area (Å²) in [6.07, 6.45) is 3.49. The molecule has 1 saturated carbocycles. The van der Waals surface area contributed by atoms with Gasteiger partial charge < -0.3 is 11.1 Å². The van der Waals surface area contributed by atoms with Crippen LogP contribution in [0.4, 0.5) is 5.69 Å². The smallest absolute Gasteiger partial charge is 0.238 e. The fourth-order valence-corrected chi connectivity index (χ4v) is 3.31. The first-order valence-electron chi connectivity index (χ1n) is 7.47. The Morgan fingerprint density at radius 1 is 1.48 bits per heavy atom. The van der Waals surface area contributed by atoms with E-state index in [1.54, 1.807) is 6.07 Å². The van der Waals surface area contributed by atoms with Crippen molar-refractivity contribution in [3.63, 3.8) is 0 Å². The summed E-state index contributed by atoms with van der Waals surface area (Å²) in [6.45, 7) is 3.04. The van der Waals surface area contributed by atoms with Gasteiger partial charge in [-0.25, -0.2) is 0 Å². The monoisotopic (exact) mass is 309 g/mol. The van der Waals surface area contributed by atoms with E-state index in [1.165, 1.54) is 12.8 Å². The molecule has 1 aliphatic carbocycles. The van der Waals surface area contributed by atoms with Gasteiger partial charge in [-0.05, 0) is 57.0 Å². The zero-order valence-electron chi connectivity index (χ0n) is 12.7. The molecule has 1 fully saturated rings. The summed E-state index contributed by atoms with van der Waals surface area (Å²) >= 11 is 5.97. The quantitative estimate of drug-likeness (QED) is 0.879. The molecule has 0 saturated heterocycles. The van der Waals surface area contributed by atoms with Crippen LogP contribution in [-0.4, -0.2) is 37.0 Å². The van der Waals surface area contributed by atoms with Crippen molar-refractivity contribution in [2.75, 3.05) is 25.5 Å². The summed E-state index contributed by atoms with van der Waals surface area (Å²) < 4.78 is 0. The summed E-state index contributed by atoms with van der Waals surface area (Å²) in [4.78, 5) is 14.3. The van der Waals surface area contributed by atoms with Crippen LogP contribution in [0.2, 0.25) is 5.02 Å². The number of carbonyl (C=O) groups is 1. The Morgan fingerprint density at radius 2 is 2.24 bits per heavy atom. The molecule has 0 bridgehead atoms. The molecule has 4 nitrogen and oxygen atoms in total. The predicted octanol–water partition coefficient (Wildman–Crippen LogP) is 2.65. The maximum Gasteiger partial charge on any atom is 0.238 e. The summed E-state index contributed by atoms with van der Waals surface area (Å²) in [7, 11) is 2.00. The van der Waals surface area contributed by atoms with Gasteiger partial charge in [-0.1, -0.05) is 24.1 Å². The van der Waals surface area contributed by atoms with Crippen molar-refractivity contribution in [2.45, 2.75) is 32.2 Å². The number of benzene rings is 1. The molecule has 0 radical (unpaired) electrons. The van der Waals surface area contributed by atoms with E-state index < -0.39 is 0 Å². The molecule has 3 N–H and O–H groups in total. The third-order valence-corrected chi connectivity index (χ3v) is 4.59. The van der Waals surface area contributed by atoms with E-state index in [2.05, 4.69) is 10.2 Å². The van der Waals surface area contributed by atoms with Crippen LogP contribution in [0.1, 0.15) is 24.8 Å². The van der Waals surface area contributed by atoms with E-state index in [-0.39, 0.29) is 5.91 Å². The fraction of sp³-hybridized carbons (Fsp3) is 0.562. The highest BCUT2D eigenvalue weighted by atomic mass is 35.5. The van der Waals surface area contributed by atoms with E-state index in [4.69, 9.17) is 17.3 Å². The Hall–Kier alpha value is -1.10. The number of likely N-dealkylation sites (N-methyl/N-ethyl adjacent to an activating group) is 1. The first-order chi connectivity index (χ1) is 10.0. The van der Waals surface area contributed by atoms with Crippen LogP contribution in [0.25, 0.3) is 0 Å². The Labute approximate surface area is 131 Å². The zero-order valence-corrected chi connectivity index (χ0v) is 13.5. The maximum atomic E-state index is 12.2. The lowest BCUT2D eigenvalue weighted by atomic mass is 10.0. The molecule has 1 aromatic carbocycles. The lowest BCUT2D eigenvalue weighted by Gasteiger charge is -2.28. The molecule has 1 amide bonds. The van der Waals surface area contributed by atoms with E-state index in [9.17, 15) is 4.79 Å². The summed E-state index contributed by atoms with van der Waals surface area (Å²) in [6, 6.07) is 5.93. The average Bonchev–Trinajstić information content (AvgIpc) is 2.91. The first kappa shape index (κ1) is 16.3. The second-order valence-electron chi connectivity index (χ2n) is 5.92. The standard InChI is InChI=1S/C16H24ClN3O/c1-11-6-7-13(17)8-14(11)19-16(21)10-20(2)15-5-3-4-12(15)9-18/h6-8,12,15H,3-5,9-10,18H2,1-2H3,(H,19,21). The van der Waals surface area contributed by atoms with Crippen LogP contribution in [0.15, 0.2) is 18.2 Å². The van der Waals surface area contributed by atoms with Crippen LogP contribution in [-0.2, 0) is 4.79 Å². The maximum absolute atomic E-state index is 12.2. The van der Waals surface area contributed by atoms with Crippen molar-refractivity contribution < 1.29 is 4.79 Å². The molecule has 0 aromatic heterocycles. The number of hydrogen-bond acceptors (Lipinski definition) is 3. The summed E-state index contributed by atoms with van der Waals surface area (Å²) in [5, 5.41) is 3.57. The lowest BCUT2D eigenvalue weighted by molar-refractivity contribution is -0.117. The molecule has 0 aliphatic heterocycles. The van der Waals surface area contributed by atoms with Crippen molar-refractivity contribution in [3.05, 3.63) is 28.8 Å². The number of rotatable bonds is 5. The number of anilines is 1. The highest BCUT2D eigenvalue weighted by Crippen LogP contribution is 2.28. The van der Waals surface area contributed by atoms with Gasteiger partial charge >= 0.3 is 0 Å². The predicted molar refractivity (Wildman–Crippen MR) is 87.6 cm³/mol. The van der Waals surface area contributed by atoms with Crippen LogP contribution >= 0.6 is 11.6 Å². The number of hydrogen-bond donors (Lipinski definition) is 2. The highest BCUT2D eigenvalue weighted by Gasteiger charge is 2.30. The lowest BCUT2D eigenvalue weighted by Crippen LogP contribution is -2.41. The van der Waals surface area contributed by atoms with Gasteiger partial charge in [0.1, 0.15) is 0 Å². The Kier molecular flexibility index (Phi) is 5.62. The minimum absolute atomic E-state index is 0.00876. The number of aryl methyl sites for hydroxylation is 1. The molecule has 116 valence electrons. The molecule has 5 heteroatoms. The molecule has 0 spiro atoms. The minimum Gasteiger partial charge on any atom is -0.330 e. The van der Waals surface area contributed by atoms with Gasteiger partial charge in [0.05, 0.1) is 6.54 Å². The summed E-state index contributed by atoms with van der Waals surface area (Å²) in [5.74, 6) is 0.501. The molecule has 2 unspecified atom stereocenters. The zero-order chi connectivity index (χ0) is 15.4. The van der Waals surface area contributed by atoms with Gasteiger partial charge in [0.15, 0.2) is 0 Å². The third kappa shape index (κ3) is 4.19. The number of halogens is 1. The number of nitrogens with one attached hydrogen (secondary N) is 1. The molecule has 1 aromatic rings. The van der Waals surface area contributed by atoms with Crippen molar-refractivity contribution >= 4 is 23.2 Å². The van der Waals surface area contributed by atoms with Crippen molar-refractivity contribution in [3.8, 4) is 0 Å². The van der Waals surface area contributed by atoms with Crippen molar-refractivity contribution in [1.82, 2.24) is 4.90 Å². The van der Waals surface area contributed by atoms with Crippen LogP contribution in [0.5, 0.6) is 0 Å². The van der Waals surface area contributed by atoms with Gasteiger partial charge in [-0.3, -0.25) is 9.69 Å². The molecule has 21 heavy (non-hydrogen) atoms. The number of nitrogens with zero attached hydrogens (tertiary/aromatic N) is 1. The Morgan fingerprint density at radius 3 is 2.95 bits per heavy atom. The number of amides is 1. The van der Waals surface area contributed by atoms with E-state index >= 15 is 0 Å². The Balaban J connectivity index is 1.93. The van der Waals surface area contributed by atoms with E-state index in [0.717, 1.165) is 17.7 Å². The van der Waals surface area contributed by atoms with E-state index in [1.807, 2.05) is 26.1 Å². The van der Waals surface area contributed by atoms with Gasteiger partial charge in [0.25, 0.3) is 0 Å². The number of nitrogens with two attached hydrogens (primary N) is 1. The molecule has 0 heterocycles. The van der Waals surface area contributed by atoms with Gasteiger partial charge in [0.2, 0.25) is 5.91 Å². The Bertz CT molecular complexity index is 506. The van der Waals surface area contributed by atoms with Gasteiger partial charge in [-0.2, -0.15) is 0 Å². The number of carbonyl (C=O) groups excluding carboxylic acids is 1. The van der Waals surface area contributed by atoms with Gasteiger partial charge in [0, 0.05) is 16.8 Å². The first-order valence-corrected chi connectivity index (χ1v) is 7.85. The second kappa shape index (κ2) is 7.25. The molecular weight excluding hydrogens is 286 g/mol. The molecular formula is C16H24ClN3O. The topological polar surface area (TPSA) is 58.4 Å². The normalized spacial score (nSPS) is 21.8. The largest absolute Gasteiger partial charge is 0.330 e. The van der Waals surface area contributed by atoms with Gasteiger partial charge in [-0.15, -0.1) is 0 Å². The van der Waals surface area contributed by atoms with Crippen LogP contribution in [0, 0.1) is 12.8 Å². The molecule has 2 rings (SSSR count). The minimum atomic E-state index is -0.00876. The van der Waals surface area contributed by atoms with Crippen molar-refractivity contribution in [2.24, 2.45) is 11.7 Å². The second-order valence-corrected chi connectivity index (χ2v) is 6.35. The van der Waals surface area contributed by atoms with E-state index in [0.29, 0.717) is 30.1 Å². The van der Waals surface area contributed by atoms with Crippen LogP contribution < -0.4 is 11.1 Å². The fourth-order valence-electron chi connectivity index (χ4n) is 3.13. The van der Waals surface area contributed by atoms with Crippen LogP contribution in [0.3, 0.4) is 0 Å². The van der Waals surface area contributed by atoms with Crippen molar-refractivity contribution in [1.29, 1.82) is 0 Å². The summed E-state index contributed by atoms with van der Waals surface area (Å²) in [5.41, 5.74) is 7.60. The molecule has 1 aliphatic rings. The average molecular weight is 310 g/mol. The SMILES string of the molecule is Cc1ccc(Cl)cc1NC(=O)CN(C)C1CCCC1CN. The molecule has 2 atom stereocenters. The highest BCUT2D eigenvalue weighted by molar-refractivity contribution is 6.31. The third-order valence-electron chi connectivity index (χ3n) is 4.35.